The van der Waals surface area contributed by atoms with E-state index in [1.54, 1.807) is 6.07 Å². The zero-order valence-electron chi connectivity index (χ0n) is 12.9. The SMILES string of the molecule is CC1CNC(C)(C)CN1c1ccc2c(c1)C(=O)N(C)C2=O. The van der Waals surface area contributed by atoms with Crippen LogP contribution in [0.5, 0.6) is 0 Å². The summed E-state index contributed by atoms with van der Waals surface area (Å²) in [4.78, 5) is 27.5. The largest absolute Gasteiger partial charge is 0.366 e. The number of hydrogen-bond donors (Lipinski definition) is 1. The minimum Gasteiger partial charge on any atom is -0.366 e. The minimum atomic E-state index is -0.213. The number of hydrogen-bond acceptors (Lipinski definition) is 4. The number of nitrogens with zero attached hydrogens (tertiary/aromatic N) is 2. The highest BCUT2D eigenvalue weighted by Gasteiger charge is 2.35. The molecule has 2 heterocycles. The van der Waals surface area contributed by atoms with E-state index in [0.717, 1.165) is 18.8 Å². The molecule has 1 atom stereocenters. The van der Waals surface area contributed by atoms with Gasteiger partial charge in [-0.15, -0.1) is 0 Å². The van der Waals surface area contributed by atoms with Crippen LogP contribution in [0.4, 0.5) is 5.69 Å². The Morgan fingerprint density at radius 2 is 1.86 bits per heavy atom. The molecule has 5 nitrogen and oxygen atoms in total. The van der Waals surface area contributed by atoms with Gasteiger partial charge in [-0.05, 0) is 39.0 Å². The standard InChI is InChI=1S/C16H21N3O2/c1-10-8-17-16(2,3)9-19(10)11-5-6-12-13(7-11)15(21)18(4)14(12)20/h5-7,10,17H,8-9H2,1-4H3. The van der Waals surface area contributed by atoms with Gasteiger partial charge < -0.3 is 10.2 Å². The van der Waals surface area contributed by atoms with Gasteiger partial charge in [0.25, 0.3) is 11.8 Å². The fourth-order valence-electron chi connectivity index (χ4n) is 3.05. The third kappa shape index (κ3) is 2.21. The van der Waals surface area contributed by atoms with Crippen molar-refractivity contribution < 1.29 is 9.59 Å². The highest BCUT2D eigenvalue weighted by Crippen LogP contribution is 2.29. The van der Waals surface area contributed by atoms with Gasteiger partial charge in [0.05, 0.1) is 11.1 Å². The van der Waals surface area contributed by atoms with E-state index < -0.39 is 0 Å². The maximum Gasteiger partial charge on any atom is 0.261 e. The molecule has 5 heteroatoms. The summed E-state index contributed by atoms with van der Waals surface area (Å²) in [5.41, 5.74) is 2.06. The number of amides is 2. The molecule has 0 spiro atoms. The Bertz CT molecular complexity index is 624. The number of piperazine rings is 1. The first-order valence-electron chi connectivity index (χ1n) is 7.28. The number of fused-ring (bicyclic) bond motifs is 1. The molecular formula is C16H21N3O2. The maximum absolute atomic E-state index is 12.1. The van der Waals surface area contributed by atoms with Gasteiger partial charge in [0, 0.05) is 37.4 Å². The van der Waals surface area contributed by atoms with Gasteiger partial charge >= 0.3 is 0 Å². The molecule has 21 heavy (non-hydrogen) atoms. The van der Waals surface area contributed by atoms with Gasteiger partial charge in [-0.3, -0.25) is 14.5 Å². The average molecular weight is 287 g/mol. The summed E-state index contributed by atoms with van der Waals surface area (Å²) in [6.45, 7) is 8.26. The summed E-state index contributed by atoms with van der Waals surface area (Å²) < 4.78 is 0. The van der Waals surface area contributed by atoms with Crippen molar-refractivity contribution >= 4 is 17.5 Å². The molecule has 0 saturated carbocycles. The van der Waals surface area contributed by atoms with E-state index in [0.29, 0.717) is 17.2 Å². The van der Waals surface area contributed by atoms with Crippen molar-refractivity contribution in [3.63, 3.8) is 0 Å². The van der Waals surface area contributed by atoms with Crippen LogP contribution < -0.4 is 10.2 Å². The molecule has 0 aliphatic carbocycles. The van der Waals surface area contributed by atoms with Crippen molar-refractivity contribution in [2.75, 3.05) is 25.0 Å². The van der Waals surface area contributed by atoms with Gasteiger partial charge in [0.2, 0.25) is 0 Å². The molecule has 1 unspecified atom stereocenters. The first kappa shape index (κ1) is 14.1. The van der Waals surface area contributed by atoms with E-state index in [9.17, 15) is 9.59 Å². The summed E-state index contributed by atoms with van der Waals surface area (Å²) in [7, 11) is 1.53. The molecule has 0 bridgehead atoms. The Morgan fingerprint density at radius 3 is 2.57 bits per heavy atom. The summed E-state index contributed by atoms with van der Waals surface area (Å²) in [6.07, 6.45) is 0. The quantitative estimate of drug-likeness (QED) is 0.795. The van der Waals surface area contributed by atoms with Gasteiger partial charge in [0.15, 0.2) is 0 Å². The number of anilines is 1. The zero-order valence-corrected chi connectivity index (χ0v) is 12.9. The number of rotatable bonds is 1. The molecule has 0 aromatic heterocycles. The molecule has 3 rings (SSSR count). The first-order valence-corrected chi connectivity index (χ1v) is 7.28. The third-order valence-corrected chi connectivity index (χ3v) is 4.38. The Balaban J connectivity index is 1.98. The Hall–Kier alpha value is -1.88. The lowest BCUT2D eigenvalue weighted by molar-refractivity contribution is 0.0693. The van der Waals surface area contributed by atoms with Crippen LogP contribution in [0, 0.1) is 0 Å². The van der Waals surface area contributed by atoms with Crippen LogP contribution in [-0.4, -0.2) is 48.4 Å². The predicted octanol–water partition coefficient (Wildman–Crippen LogP) is 1.49. The summed E-state index contributed by atoms with van der Waals surface area (Å²) in [5.74, 6) is -0.422. The van der Waals surface area contributed by atoms with Crippen LogP contribution in [-0.2, 0) is 0 Å². The Kier molecular flexibility index (Phi) is 3.06. The number of imide groups is 1. The lowest BCUT2D eigenvalue weighted by Gasteiger charge is -2.44. The highest BCUT2D eigenvalue weighted by molar-refractivity contribution is 6.21. The average Bonchev–Trinajstić information content (AvgIpc) is 2.66. The highest BCUT2D eigenvalue weighted by atomic mass is 16.2. The predicted molar refractivity (Wildman–Crippen MR) is 81.8 cm³/mol. The maximum atomic E-state index is 12.1. The number of carbonyl (C=O) groups is 2. The number of carbonyl (C=O) groups excluding carboxylic acids is 2. The molecule has 2 aliphatic heterocycles. The van der Waals surface area contributed by atoms with Crippen LogP contribution >= 0.6 is 0 Å². The molecule has 1 N–H and O–H groups in total. The van der Waals surface area contributed by atoms with Crippen LogP contribution in [0.1, 0.15) is 41.5 Å². The van der Waals surface area contributed by atoms with Crippen molar-refractivity contribution in [1.29, 1.82) is 0 Å². The third-order valence-electron chi connectivity index (χ3n) is 4.38. The zero-order chi connectivity index (χ0) is 15.4. The molecule has 1 fully saturated rings. The lowest BCUT2D eigenvalue weighted by Crippen LogP contribution is -2.61. The monoisotopic (exact) mass is 287 g/mol. The molecule has 1 aromatic carbocycles. The van der Waals surface area contributed by atoms with Crippen molar-refractivity contribution in [3.05, 3.63) is 29.3 Å². The van der Waals surface area contributed by atoms with Gasteiger partial charge in [-0.2, -0.15) is 0 Å². The van der Waals surface area contributed by atoms with Crippen molar-refractivity contribution in [1.82, 2.24) is 10.2 Å². The first-order chi connectivity index (χ1) is 9.80. The number of nitrogens with one attached hydrogen (secondary N) is 1. The van der Waals surface area contributed by atoms with E-state index >= 15 is 0 Å². The summed E-state index contributed by atoms with van der Waals surface area (Å²) in [6, 6.07) is 5.93. The summed E-state index contributed by atoms with van der Waals surface area (Å²) in [5, 5.41) is 3.51. The van der Waals surface area contributed by atoms with Crippen molar-refractivity contribution in [2.45, 2.75) is 32.4 Å². The van der Waals surface area contributed by atoms with Crippen LogP contribution in [0.15, 0.2) is 18.2 Å². The van der Waals surface area contributed by atoms with Crippen molar-refractivity contribution in [2.24, 2.45) is 0 Å². The molecule has 112 valence electrons. The number of benzene rings is 1. The Labute approximate surface area is 124 Å². The minimum absolute atomic E-state index is 0.0299. The van der Waals surface area contributed by atoms with Crippen LogP contribution in [0.2, 0.25) is 0 Å². The van der Waals surface area contributed by atoms with Crippen LogP contribution in [0.25, 0.3) is 0 Å². The van der Waals surface area contributed by atoms with E-state index in [-0.39, 0.29) is 17.4 Å². The van der Waals surface area contributed by atoms with Gasteiger partial charge in [0.1, 0.15) is 0 Å². The topological polar surface area (TPSA) is 52.7 Å². The normalized spacial score (nSPS) is 24.5. The van der Waals surface area contributed by atoms with E-state index in [2.05, 4.69) is 31.0 Å². The van der Waals surface area contributed by atoms with E-state index in [1.807, 2.05) is 12.1 Å². The second-order valence-corrected chi connectivity index (χ2v) is 6.64. The fraction of sp³-hybridized carbons (Fsp3) is 0.500. The fourth-order valence-corrected chi connectivity index (χ4v) is 3.05. The van der Waals surface area contributed by atoms with Crippen molar-refractivity contribution in [3.8, 4) is 0 Å². The molecule has 2 amide bonds. The smallest absolute Gasteiger partial charge is 0.261 e. The van der Waals surface area contributed by atoms with E-state index in [1.165, 1.54) is 11.9 Å². The van der Waals surface area contributed by atoms with Gasteiger partial charge in [-0.25, -0.2) is 0 Å². The summed E-state index contributed by atoms with van der Waals surface area (Å²) >= 11 is 0. The lowest BCUT2D eigenvalue weighted by atomic mass is 9.97. The molecular weight excluding hydrogens is 266 g/mol. The Morgan fingerprint density at radius 1 is 1.19 bits per heavy atom. The second kappa shape index (κ2) is 4.56. The van der Waals surface area contributed by atoms with Gasteiger partial charge in [-0.1, -0.05) is 0 Å². The molecule has 1 aromatic rings. The molecule has 0 radical (unpaired) electrons. The molecule has 2 aliphatic rings. The van der Waals surface area contributed by atoms with Crippen LogP contribution in [0.3, 0.4) is 0 Å². The molecule has 1 saturated heterocycles. The second-order valence-electron chi connectivity index (χ2n) is 6.64. The van der Waals surface area contributed by atoms with E-state index in [4.69, 9.17) is 0 Å².